The van der Waals surface area contributed by atoms with E-state index < -0.39 is 0 Å². The van der Waals surface area contributed by atoms with Crippen LogP contribution in [0.5, 0.6) is 0 Å². The average molecular weight is 986 g/mol. The first kappa shape index (κ1) is 50.9. The molecule has 0 unspecified atom stereocenters. The lowest BCUT2D eigenvalue weighted by atomic mass is 9.35. The number of anilines is 6. The number of rotatable bonds is 3. The van der Waals surface area contributed by atoms with Gasteiger partial charge in [-0.25, -0.2) is 4.98 Å². The van der Waals surface area contributed by atoms with E-state index in [1.54, 1.807) is 0 Å². The zero-order chi connectivity index (χ0) is 53.1. The first-order valence-corrected chi connectivity index (χ1v) is 27.6. The topological polar surface area (TPSA) is 32.5 Å². The maximum atomic E-state index is 6.53. The Bertz CT molecular complexity index is 3450. The zero-order valence-corrected chi connectivity index (χ0v) is 48.9. The van der Waals surface area contributed by atoms with Gasteiger partial charge in [0.05, 0.1) is 5.59 Å². The lowest BCUT2D eigenvalue weighted by molar-refractivity contribution is 0.568. The van der Waals surface area contributed by atoms with Gasteiger partial charge >= 0.3 is 0 Å². The van der Waals surface area contributed by atoms with Gasteiger partial charge in [-0.1, -0.05) is 187 Å². The maximum absolute atomic E-state index is 6.53. The Morgan fingerprint density at radius 3 is 1.30 bits per heavy atom. The second-order valence-electron chi connectivity index (χ2n) is 28.8. The summed E-state index contributed by atoms with van der Waals surface area (Å²) in [5.41, 5.74) is 21.4. The number of hydrogen-bond donors (Lipinski definition) is 0. The van der Waals surface area contributed by atoms with Crippen LogP contribution in [0.25, 0.3) is 32.5 Å². The fourth-order valence-electron chi connectivity index (χ4n) is 10.8. The van der Waals surface area contributed by atoms with Crippen LogP contribution in [0.2, 0.25) is 0 Å². The average Bonchev–Trinajstić information content (AvgIpc) is 3.88. The summed E-state index contributed by atoms with van der Waals surface area (Å²) >= 11 is 1.83. The number of furan rings is 1. The van der Waals surface area contributed by atoms with Crippen molar-refractivity contribution in [1.82, 2.24) is 4.98 Å². The van der Waals surface area contributed by atoms with Gasteiger partial charge in [0.2, 0.25) is 0 Å². The largest absolute Gasteiger partial charge is 0.456 e. The highest BCUT2D eigenvalue weighted by molar-refractivity contribution is 7.22. The number of nitrogens with zero attached hydrogens (tertiary/aromatic N) is 3. The minimum Gasteiger partial charge on any atom is -0.456 e. The molecule has 2 aliphatic heterocycles. The van der Waals surface area contributed by atoms with Crippen LogP contribution in [-0.2, 0) is 37.9 Å². The van der Waals surface area contributed by atoms with Crippen molar-refractivity contribution in [1.29, 1.82) is 0 Å². The molecule has 0 aliphatic carbocycles. The predicted octanol–water partition coefficient (Wildman–Crippen LogP) is 17.9. The lowest BCUT2D eigenvalue weighted by Gasteiger charge is -2.44. The second kappa shape index (κ2) is 16.5. The van der Waals surface area contributed by atoms with Gasteiger partial charge in [-0.2, -0.15) is 0 Å². The van der Waals surface area contributed by atoms with E-state index in [9.17, 15) is 0 Å². The number of thiazole rings is 1. The summed E-state index contributed by atoms with van der Waals surface area (Å²) < 4.78 is 6.53. The van der Waals surface area contributed by atoms with Crippen LogP contribution in [0, 0.1) is 0 Å². The third-order valence-electron chi connectivity index (χ3n) is 15.7. The van der Waals surface area contributed by atoms with Gasteiger partial charge in [0, 0.05) is 44.8 Å². The molecule has 0 saturated carbocycles. The fourth-order valence-corrected chi connectivity index (χ4v) is 11.9. The molecular weight excluding hydrogens is 906 g/mol. The van der Waals surface area contributed by atoms with Crippen molar-refractivity contribution in [2.45, 2.75) is 183 Å². The fraction of sp³-hybridized carbons (Fsp3) is 0.418. The standard InChI is InChI=1S/C67H80BN3OS/c1-61(2,3)40-24-27-56-50(35-40)49-28-39(22-26-55(49)72-56)59-69-58-60(73-59)71(48-33-44(65(13,14)15)30-45(34-48)66(16,17)18)54-38-46(67(19,20)21)37-53-57(54)68(58)51-36-41(62(4,5)6)23-25-52(51)70(53)47-31-42(63(7,8)9)29-43(32-47)64(10,11)12/h22-38H,1-21H3. The molecule has 6 aromatic carbocycles. The van der Waals surface area contributed by atoms with Crippen LogP contribution in [0.4, 0.5) is 33.4 Å². The molecule has 8 aromatic rings. The molecular formula is C67H80BN3OS. The summed E-state index contributed by atoms with van der Waals surface area (Å²) in [6, 6.07) is 40.6. The van der Waals surface area contributed by atoms with Crippen LogP contribution in [-0.4, -0.2) is 11.7 Å². The molecule has 0 radical (unpaired) electrons. The second-order valence-corrected chi connectivity index (χ2v) is 29.8. The smallest absolute Gasteiger partial charge is 0.276 e. The Balaban J connectivity index is 1.34. The molecule has 6 heteroatoms. The van der Waals surface area contributed by atoms with Crippen molar-refractivity contribution in [3.8, 4) is 10.6 Å². The molecule has 0 atom stereocenters. The molecule has 378 valence electrons. The van der Waals surface area contributed by atoms with Crippen molar-refractivity contribution in [3.05, 3.63) is 142 Å². The van der Waals surface area contributed by atoms with Crippen LogP contribution >= 0.6 is 11.3 Å². The number of benzene rings is 6. The van der Waals surface area contributed by atoms with E-state index >= 15 is 0 Å². The quantitative estimate of drug-likeness (QED) is 0.165. The summed E-state index contributed by atoms with van der Waals surface area (Å²) in [6.45, 7) is 49.1. The Labute approximate surface area is 442 Å². The van der Waals surface area contributed by atoms with Gasteiger partial charge in [-0.05, 0) is 161 Å². The number of fused-ring (bicyclic) bond motifs is 7. The minimum atomic E-state index is -0.156. The van der Waals surface area contributed by atoms with Crippen molar-refractivity contribution < 1.29 is 4.42 Å². The molecule has 0 N–H and O–H groups in total. The van der Waals surface area contributed by atoms with Gasteiger partial charge in [0.15, 0.2) is 0 Å². The highest BCUT2D eigenvalue weighted by Crippen LogP contribution is 2.51. The maximum Gasteiger partial charge on any atom is 0.276 e. The van der Waals surface area contributed by atoms with Crippen molar-refractivity contribution in [2.24, 2.45) is 0 Å². The molecule has 73 heavy (non-hydrogen) atoms. The molecule has 4 heterocycles. The molecule has 0 fully saturated rings. The molecule has 0 spiro atoms. The van der Waals surface area contributed by atoms with Crippen LogP contribution in [0.1, 0.15) is 184 Å². The van der Waals surface area contributed by atoms with E-state index in [1.807, 2.05) is 11.3 Å². The molecule has 0 saturated heterocycles. The van der Waals surface area contributed by atoms with E-state index in [0.29, 0.717) is 0 Å². The Morgan fingerprint density at radius 2 is 0.808 bits per heavy atom. The molecule has 10 rings (SSSR count). The van der Waals surface area contributed by atoms with E-state index in [-0.39, 0.29) is 44.6 Å². The summed E-state index contributed by atoms with van der Waals surface area (Å²) in [5, 5.41) is 4.45. The molecule has 2 aliphatic rings. The Morgan fingerprint density at radius 1 is 0.397 bits per heavy atom. The Kier molecular flexibility index (Phi) is 11.5. The van der Waals surface area contributed by atoms with E-state index in [4.69, 9.17) is 9.40 Å². The third-order valence-corrected chi connectivity index (χ3v) is 16.8. The lowest BCUT2D eigenvalue weighted by Crippen LogP contribution is -2.62. The van der Waals surface area contributed by atoms with Crippen LogP contribution in [0.15, 0.2) is 108 Å². The van der Waals surface area contributed by atoms with Crippen molar-refractivity contribution in [3.63, 3.8) is 0 Å². The van der Waals surface area contributed by atoms with Crippen molar-refractivity contribution in [2.75, 3.05) is 9.80 Å². The van der Waals surface area contributed by atoms with Gasteiger partial charge < -0.3 is 14.2 Å². The molecule has 0 amide bonds. The highest BCUT2D eigenvalue weighted by Gasteiger charge is 2.47. The van der Waals surface area contributed by atoms with Gasteiger partial charge in [-0.15, -0.1) is 0 Å². The SMILES string of the molecule is CC(C)(C)c1cc(N2c3ccc(C(C)(C)C)cc3B3c4nc(-c5ccc6oc7ccc(C(C)(C)C)cc7c6c5)sc4N(c4cc(C(C)(C)C)cc(C(C)(C)C)c4)c4cc(C(C)(C)C)cc2c43)cc(C(C)(C)C)c1. The summed E-state index contributed by atoms with van der Waals surface area (Å²) in [5.74, 6) is 0. The van der Waals surface area contributed by atoms with Crippen molar-refractivity contribution >= 4 is 89.9 Å². The first-order valence-electron chi connectivity index (χ1n) is 26.8. The van der Waals surface area contributed by atoms with Crippen LogP contribution < -0.4 is 26.3 Å². The minimum absolute atomic E-state index is 0.00801. The monoisotopic (exact) mass is 986 g/mol. The van der Waals surface area contributed by atoms with E-state index in [1.165, 1.54) is 83.3 Å². The van der Waals surface area contributed by atoms with E-state index in [0.717, 1.165) is 38.1 Å². The molecule has 0 bridgehead atoms. The first-order chi connectivity index (χ1) is 33.6. The number of aromatic nitrogens is 1. The number of hydrogen-bond acceptors (Lipinski definition) is 5. The summed E-state index contributed by atoms with van der Waals surface area (Å²) in [6.07, 6.45) is 0. The highest BCUT2D eigenvalue weighted by atomic mass is 32.1. The summed E-state index contributed by atoms with van der Waals surface area (Å²) in [7, 11) is 0. The predicted molar refractivity (Wildman–Crippen MR) is 320 cm³/mol. The molecule has 4 nitrogen and oxygen atoms in total. The van der Waals surface area contributed by atoms with Gasteiger partial charge in [0.25, 0.3) is 6.71 Å². The summed E-state index contributed by atoms with van der Waals surface area (Å²) in [4.78, 5) is 11.2. The van der Waals surface area contributed by atoms with Crippen LogP contribution in [0.3, 0.4) is 0 Å². The molecule has 2 aromatic heterocycles. The van der Waals surface area contributed by atoms with Gasteiger partial charge in [0.1, 0.15) is 21.2 Å². The van der Waals surface area contributed by atoms with E-state index in [2.05, 4.69) is 258 Å². The Hall–Kier alpha value is -5.59. The zero-order valence-electron chi connectivity index (χ0n) is 48.1. The normalized spacial score (nSPS) is 14.6. The van der Waals surface area contributed by atoms with Gasteiger partial charge in [-0.3, -0.25) is 0 Å². The third kappa shape index (κ3) is 8.96.